The van der Waals surface area contributed by atoms with E-state index in [-0.39, 0.29) is 11.1 Å². The summed E-state index contributed by atoms with van der Waals surface area (Å²) in [6.45, 7) is 0. The Morgan fingerprint density at radius 1 is 1.06 bits per heavy atom. The van der Waals surface area contributed by atoms with Gasteiger partial charge < -0.3 is 0 Å². The van der Waals surface area contributed by atoms with Crippen molar-refractivity contribution in [3.05, 3.63) is 53.1 Å². The first-order chi connectivity index (χ1) is 8.77. The molecular weight excluding hydrogens is 296 g/mol. The number of fused-ring (bicyclic) bond motifs is 1. The lowest BCUT2D eigenvalue weighted by Crippen LogP contribution is -2.17. The van der Waals surface area contributed by atoms with Gasteiger partial charge in [0.15, 0.2) is 17.0 Å². The van der Waals surface area contributed by atoms with Crippen molar-refractivity contribution in [3.63, 3.8) is 0 Å². The average molecular weight is 303 g/mol. The molecule has 3 rings (SSSR count). The second-order valence-electron chi connectivity index (χ2n) is 3.62. The van der Waals surface area contributed by atoms with Gasteiger partial charge in [-0.15, -0.1) is 0 Å². The van der Waals surface area contributed by atoms with Crippen molar-refractivity contribution in [2.24, 2.45) is 0 Å². The Bertz CT molecular complexity index is 770. The summed E-state index contributed by atoms with van der Waals surface area (Å²) in [6.07, 6.45) is 2.99. The maximum Gasteiger partial charge on any atom is 0.292 e. The molecule has 0 radical (unpaired) electrons. The van der Waals surface area contributed by atoms with E-state index < -0.39 is 0 Å². The summed E-state index contributed by atoms with van der Waals surface area (Å²) in [5.74, 6) is 0.508. The van der Waals surface area contributed by atoms with Crippen molar-refractivity contribution in [2.75, 3.05) is 0 Å². The van der Waals surface area contributed by atoms with Crippen LogP contribution in [0.25, 0.3) is 22.6 Å². The van der Waals surface area contributed by atoms with Crippen LogP contribution in [0.3, 0.4) is 0 Å². The molecule has 0 atom stereocenters. The zero-order valence-corrected chi connectivity index (χ0v) is 10.7. The van der Waals surface area contributed by atoms with Crippen molar-refractivity contribution in [3.8, 4) is 11.4 Å². The van der Waals surface area contributed by atoms with Gasteiger partial charge in [-0.1, -0.05) is 30.3 Å². The molecular formula is C12H7BrN4O. The van der Waals surface area contributed by atoms with E-state index >= 15 is 0 Å². The largest absolute Gasteiger partial charge is 0.292 e. The molecule has 88 valence electrons. The van der Waals surface area contributed by atoms with E-state index in [2.05, 4.69) is 31.1 Å². The number of hydrogen-bond acceptors (Lipinski definition) is 4. The summed E-state index contributed by atoms with van der Waals surface area (Å²) in [5, 5.41) is 0. The Balaban J connectivity index is 2.38. The molecule has 0 bridgehead atoms. The number of aromatic nitrogens is 4. The number of benzene rings is 1. The minimum Gasteiger partial charge on any atom is -0.266 e. The predicted octanol–water partition coefficient (Wildman–Crippen LogP) is 2.01. The van der Waals surface area contributed by atoms with Crippen LogP contribution in [0, 0.1) is 0 Å². The molecule has 0 spiro atoms. The fourth-order valence-corrected chi connectivity index (χ4v) is 2.11. The van der Waals surface area contributed by atoms with E-state index in [4.69, 9.17) is 0 Å². The lowest BCUT2D eigenvalue weighted by atomic mass is 10.2. The van der Waals surface area contributed by atoms with Crippen LogP contribution in [0.5, 0.6) is 0 Å². The summed E-state index contributed by atoms with van der Waals surface area (Å²) < 4.78 is 1.30. The Labute approximate surface area is 110 Å². The molecule has 0 fully saturated rings. The molecule has 0 saturated heterocycles. The molecule has 2 heterocycles. The molecule has 6 heteroatoms. The van der Waals surface area contributed by atoms with Gasteiger partial charge in [0, 0.05) is 18.0 Å². The van der Waals surface area contributed by atoms with Gasteiger partial charge in [-0.25, -0.2) is 18.5 Å². The second kappa shape index (κ2) is 4.30. The SMILES string of the molecule is O=c1c2nccnc2nc(-c2ccccc2)n1Br. The van der Waals surface area contributed by atoms with Crippen LogP contribution >= 0.6 is 16.1 Å². The second-order valence-corrected chi connectivity index (χ2v) is 4.33. The molecule has 1 aromatic carbocycles. The van der Waals surface area contributed by atoms with Gasteiger partial charge in [0.1, 0.15) is 0 Å². The highest BCUT2D eigenvalue weighted by Gasteiger charge is 2.11. The summed E-state index contributed by atoms with van der Waals surface area (Å²) in [5.41, 5.74) is 1.15. The molecule has 5 nitrogen and oxygen atoms in total. The molecule has 0 amide bonds. The van der Waals surface area contributed by atoms with Gasteiger partial charge in [0.2, 0.25) is 0 Å². The molecule has 0 N–H and O–H groups in total. The molecule has 0 unspecified atom stereocenters. The average Bonchev–Trinajstić information content (AvgIpc) is 2.44. The van der Waals surface area contributed by atoms with Gasteiger partial charge in [-0.3, -0.25) is 4.79 Å². The summed E-state index contributed by atoms with van der Waals surface area (Å²) in [6, 6.07) is 9.43. The fourth-order valence-electron chi connectivity index (χ4n) is 1.66. The Morgan fingerprint density at radius 3 is 2.56 bits per heavy atom. The number of rotatable bonds is 1. The minimum absolute atomic E-state index is 0.244. The van der Waals surface area contributed by atoms with Crippen LogP contribution < -0.4 is 5.56 Å². The van der Waals surface area contributed by atoms with Crippen LogP contribution in [0.2, 0.25) is 0 Å². The molecule has 2 aromatic heterocycles. The molecule has 0 aliphatic carbocycles. The first-order valence-electron chi connectivity index (χ1n) is 5.23. The maximum absolute atomic E-state index is 12.1. The zero-order valence-electron chi connectivity index (χ0n) is 9.12. The van der Waals surface area contributed by atoms with Crippen molar-refractivity contribution in [1.29, 1.82) is 0 Å². The van der Waals surface area contributed by atoms with Crippen LogP contribution in [-0.4, -0.2) is 18.5 Å². The highest BCUT2D eigenvalue weighted by atomic mass is 79.9. The number of hydrogen-bond donors (Lipinski definition) is 0. The van der Waals surface area contributed by atoms with Gasteiger partial charge in [-0.2, -0.15) is 0 Å². The summed E-state index contributed by atoms with van der Waals surface area (Å²) >= 11 is 3.21. The van der Waals surface area contributed by atoms with Crippen molar-refractivity contribution >= 4 is 27.3 Å². The lowest BCUT2D eigenvalue weighted by Gasteiger charge is -2.05. The molecule has 3 aromatic rings. The van der Waals surface area contributed by atoms with E-state index in [0.29, 0.717) is 11.5 Å². The van der Waals surface area contributed by atoms with Gasteiger partial charge >= 0.3 is 0 Å². The zero-order chi connectivity index (χ0) is 12.5. The summed E-state index contributed by atoms with van der Waals surface area (Å²) in [7, 11) is 0. The van der Waals surface area contributed by atoms with Crippen LogP contribution in [0.1, 0.15) is 0 Å². The maximum atomic E-state index is 12.1. The standard InChI is InChI=1S/C12H7BrN4O/c13-17-11(8-4-2-1-3-5-8)16-10-9(12(17)18)14-6-7-15-10/h1-7H. The van der Waals surface area contributed by atoms with Crippen molar-refractivity contribution < 1.29 is 0 Å². The Hall–Kier alpha value is -2.08. The number of halogens is 1. The van der Waals surface area contributed by atoms with Crippen molar-refractivity contribution in [1.82, 2.24) is 18.5 Å². The smallest absolute Gasteiger partial charge is 0.266 e. The first-order valence-corrected chi connectivity index (χ1v) is 5.93. The Morgan fingerprint density at radius 2 is 1.78 bits per heavy atom. The topological polar surface area (TPSA) is 60.7 Å². The van der Waals surface area contributed by atoms with Crippen LogP contribution in [0.15, 0.2) is 47.5 Å². The summed E-state index contributed by atoms with van der Waals surface area (Å²) in [4.78, 5) is 24.5. The third-order valence-corrected chi connectivity index (χ3v) is 3.15. The Kier molecular flexibility index (Phi) is 2.64. The molecule has 0 saturated carbocycles. The van der Waals surface area contributed by atoms with E-state index in [0.717, 1.165) is 5.56 Å². The van der Waals surface area contributed by atoms with Crippen LogP contribution in [-0.2, 0) is 0 Å². The molecule has 0 aliphatic rings. The fraction of sp³-hybridized carbons (Fsp3) is 0. The lowest BCUT2D eigenvalue weighted by molar-refractivity contribution is 1.08. The van der Waals surface area contributed by atoms with Gasteiger partial charge in [-0.05, 0) is 0 Å². The third-order valence-electron chi connectivity index (χ3n) is 2.49. The monoisotopic (exact) mass is 302 g/mol. The predicted molar refractivity (Wildman–Crippen MR) is 71.4 cm³/mol. The van der Waals surface area contributed by atoms with Crippen molar-refractivity contribution in [2.45, 2.75) is 0 Å². The third kappa shape index (κ3) is 1.70. The van der Waals surface area contributed by atoms with Crippen LogP contribution in [0.4, 0.5) is 0 Å². The molecule has 0 aliphatic heterocycles. The van der Waals surface area contributed by atoms with E-state index in [1.165, 1.54) is 16.0 Å². The van der Waals surface area contributed by atoms with E-state index in [1.807, 2.05) is 30.3 Å². The first kappa shape index (κ1) is 11.0. The normalized spacial score (nSPS) is 10.7. The quantitative estimate of drug-likeness (QED) is 0.690. The minimum atomic E-state index is -0.271. The van der Waals surface area contributed by atoms with Gasteiger partial charge in [0.25, 0.3) is 5.56 Å². The highest BCUT2D eigenvalue weighted by Crippen LogP contribution is 2.18. The van der Waals surface area contributed by atoms with Gasteiger partial charge in [0.05, 0.1) is 16.1 Å². The number of nitrogens with zero attached hydrogens (tertiary/aromatic N) is 4. The molecule has 18 heavy (non-hydrogen) atoms. The highest BCUT2D eigenvalue weighted by molar-refractivity contribution is 9.08. The van der Waals surface area contributed by atoms with E-state index in [1.54, 1.807) is 0 Å². The van der Waals surface area contributed by atoms with E-state index in [9.17, 15) is 4.79 Å².